The van der Waals surface area contributed by atoms with Crippen LogP contribution < -0.4 is 16.3 Å². The molecule has 0 spiro atoms. The van der Waals surface area contributed by atoms with Gasteiger partial charge in [-0.15, -0.1) is 0 Å². The van der Waals surface area contributed by atoms with Crippen LogP contribution >= 0.6 is 0 Å². The minimum atomic E-state index is -0.574. The average Bonchev–Trinajstić information content (AvgIpc) is 2.78. The van der Waals surface area contributed by atoms with E-state index in [0.717, 1.165) is 24.8 Å². The van der Waals surface area contributed by atoms with Gasteiger partial charge in [-0.25, -0.2) is 15.7 Å². The molecule has 1 aliphatic heterocycles. The number of hydrogen-bond acceptors (Lipinski definition) is 5. The van der Waals surface area contributed by atoms with Gasteiger partial charge >= 0.3 is 0 Å². The number of hydroxylamine groups is 1. The largest absolute Gasteiger partial charge is 0.350 e. The van der Waals surface area contributed by atoms with Crippen LogP contribution in [0.1, 0.15) is 65.4 Å². The maximum atomic E-state index is 13.2. The molecule has 1 saturated heterocycles. The van der Waals surface area contributed by atoms with Crippen LogP contribution in [-0.4, -0.2) is 30.8 Å². The fraction of sp³-hybridized carbons (Fsp3) is 0.600. The van der Waals surface area contributed by atoms with Crippen LogP contribution in [0.5, 0.6) is 0 Å². The van der Waals surface area contributed by atoms with Gasteiger partial charge in [0.1, 0.15) is 0 Å². The van der Waals surface area contributed by atoms with Crippen LogP contribution in [0.25, 0.3) is 6.08 Å². The van der Waals surface area contributed by atoms with Crippen LogP contribution in [0.2, 0.25) is 0 Å². The van der Waals surface area contributed by atoms with Crippen molar-refractivity contribution in [2.75, 3.05) is 6.61 Å². The van der Waals surface area contributed by atoms with Gasteiger partial charge in [0.05, 0.1) is 11.8 Å². The molecule has 32 heavy (non-hydrogen) atoms. The second-order valence-corrected chi connectivity index (χ2v) is 9.06. The van der Waals surface area contributed by atoms with Crippen molar-refractivity contribution >= 4 is 17.9 Å². The summed E-state index contributed by atoms with van der Waals surface area (Å²) in [6, 6.07) is 9.99. The lowest BCUT2D eigenvalue weighted by molar-refractivity contribution is -0.203. The summed E-state index contributed by atoms with van der Waals surface area (Å²) in [4.78, 5) is 31.7. The predicted octanol–water partition coefficient (Wildman–Crippen LogP) is 3.97. The molecule has 0 saturated carbocycles. The Labute approximate surface area is 192 Å². The van der Waals surface area contributed by atoms with E-state index in [1.807, 2.05) is 56.3 Å². The van der Waals surface area contributed by atoms with Crippen LogP contribution in [0.3, 0.4) is 0 Å². The van der Waals surface area contributed by atoms with Crippen molar-refractivity contribution in [3.8, 4) is 0 Å². The SMILES string of the molecule is CC(C)C[C@@H](C(=O)NNC(C)C)[C@H](C/C=C/c1ccccc1)C(=O)NOC1CCCCO1. The normalized spacial score (nSPS) is 18.6. The summed E-state index contributed by atoms with van der Waals surface area (Å²) in [7, 11) is 0. The Morgan fingerprint density at radius 3 is 2.47 bits per heavy atom. The van der Waals surface area contributed by atoms with Gasteiger partial charge in [-0.2, -0.15) is 0 Å². The number of allylic oxidation sites excluding steroid dienone is 1. The molecule has 3 atom stereocenters. The van der Waals surface area contributed by atoms with Crippen LogP contribution in [0, 0.1) is 17.8 Å². The number of hydrazine groups is 1. The number of carbonyl (C=O) groups excluding carboxylic acids is 2. The predicted molar refractivity (Wildman–Crippen MR) is 126 cm³/mol. The molecule has 2 rings (SSSR count). The maximum Gasteiger partial charge on any atom is 0.247 e. The summed E-state index contributed by atoms with van der Waals surface area (Å²) in [5.41, 5.74) is 9.36. The van der Waals surface area contributed by atoms with Crippen molar-refractivity contribution < 1.29 is 19.2 Å². The molecule has 1 unspecified atom stereocenters. The van der Waals surface area contributed by atoms with E-state index in [4.69, 9.17) is 9.57 Å². The Morgan fingerprint density at radius 2 is 1.84 bits per heavy atom. The standard InChI is InChI=1S/C25H39N3O4/c1-18(2)17-22(24(29)27-26-19(3)4)21(14-10-13-20-11-6-5-7-12-20)25(30)28-32-23-15-8-9-16-31-23/h5-7,10-13,18-19,21-23,26H,8-9,14-17H2,1-4H3,(H,27,29)(H,28,30)/b13-10+/t21-,22+,23?/m0/s1. The molecule has 1 aromatic carbocycles. The summed E-state index contributed by atoms with van der Waals surface area (Å²) in [6.45, 7) is 8.63. The molecule has 0 radical (unpaired) electrons. The number of benzene rings is 1. The van der Waals surface area contributed by atoms with Crippen molar-refractivity contribution in [3.05, 3.63) is 42.0 Å². The zero-order chi connectivity index (χ0) is 23.3. The molecule has 7 nitrogen and oxygen atoms in total. The zero-order valence-electron chi connectivity index (χ0n) is 19.8. The lowest BCUT2D eigenvalue weighted by Crippen LogP contribution is -2.49. The van der Waals surface area contributed by atoms with Gasteiger partial charge in [0, 0.05) is 19.1 Å². The Kier molecular flexibility index (Phi) is 11.4. The molecular formula is C25H39N3O4. The minimum Gasteiger partial charge on any atom is -0.350 e. The first-order chi connectivity index (χ1) is 15.4. The van der Waals surface area contributed by atoms with E-state index in [2.05, 4.69) is 30.2 Å². The molecule has 0 bridgehead atoms. The highest BCUT2D eigenvalue weighted by Crippen LogP contribution is 2.26. The first kappa shape index (κ1) is 26.0. The molecule has 1 heterocycles. The van der Waals surface area contributed by atoms with Crippen LogP contribution in [0.15, 0.2) is 36.4 Å². The topological polar surface area (TPSA) is 88.7 Å². The van der Waals surface area contributed by atoms with Crippen molar-refractivity contribution in [2.45, 2.75) is 72.1 Å². The highest BCUT2D eigenvalue weighted by Gasteiger charge is 2.34. The third-order valence-electron chi connectivity index (χ3n) is 5.30. The quantitative estimate of drug-likeness (QED) is 0.424. The zero-order valence-corrected chi connectivity index (χ0v) is 19.8. The number of rotatable bonds is 12. The number of nitrogens with one attached hydrogen (secondary N) is 3. The van der Waals surface area contributed by atoms with Crippen LogP contribution in [-0.2, 0) is 19.2 Å². The van der Waals surface area contributed by atoms with Gasteiger partial charge < -0.3 is 4.74 Å². The van der Waals surface area contributed by atoms with E-state index in [1.54, 1.807) is 0 Å². The second kappa shape index (κ2) is 14.0. The molecule has 0 aromatic heterocycles. The Morgan fingerprint density at radius 1 is 1.09 bits per heavy atom. The van der Waals surface area contributed by atoms with Gasteiger partial charge in [-0.3, -0.25) is 15.0 Å². The number of carbonyl (C=O) groups is 2. The first-order valence-electron chi connectivity index (χ1n) is 11.7. The van der Waals surface area contributed by atoms with Gasteiger partial charge in [0.2, 0.25) is 11.8 Å². The summed E-state index contributed by atoms with van der Waals surface area (Å²) in [5.74, 6) is -1.31. The third-order valence-corrected chi connectivity index (χ3v) is 5.30. The smallest absolute Gasteiger partial charge is 0.247 e. The molecule has 1 fully saturated rings. The van der Waals surface area contributed by atoms with E-state index >= 15 is 0 Å². The van der Waals surface area contributed by atoms with Crippen molar-refractivity contribution in [1.29, 1.82) is 0 Å². The fourth-order valence-electron chi connectivity index (χ4n) is 3.64. The summed E-state index contributed by atoms with van der Waals surface area (Å²) < 4.78 is 5.54. The highest BCUT2D eigenvalue weighted by molar-refractivity contribution is 5.87. The van der Waals surface area contributed by atoms with E-state index in [1.165, 1.54) is 0 Å². The van der Waals surface area contributed by atoms with Crippen LogP contribution in [0.4, 0.5) is 0 Å². The average molecular weight is 446 g/mol. The Bertz CT molecular complexity index is 715. The minimum absolute atomic E-state index is 0.0932. The van der Waals surface area contributed by atoms with Gasteiger partial charge in [0.15, 0.2) is 6.29 Å². The Balaban J connectivity index is 2.14. The summed E-state index contributed by atoms with van der Waals surface area (Å²) in [5, 5.41) is 0. The van der Waals surface area contributed by atoms with E-state index in [9.17, 15) is 9.59 Å². The summed E-state index contributed by atoms with van der Waals surface area (Å²) >= 11 is 0. The molecule has 1 aromatic rings. The van der Waals surface area contributed by atoms with Gasteiger partial charge in [0.25, 0.3) is 0 Å². The van der Waals surface area contributed by atoms with E-state index < -0.39 is 18.1 Å². The molecule has 3 N–H and O–H groups in total. The van der Waals surface area contributed by atoms with E-state index in [-0.39, 0.29) is 23.8 Å². The fourth-order valence-corrected chi connectivity index (χ4v) is 3.64. The third kappa shape index (κ3) is 9.51. The molecular weight excluding hydrogens is 406 g/mol. The maximum absolute atomic E-state index is 13.2. The lowest BCUT2D eigenvalue weighted by atomic mass is 9.82. The molecule has 178 valence electrons. The molecule has 1 aliphatic rings. The monoisotopic (exact) mass is 445 g/mol. The first-order valence-corrected chi connectivity index (χ1v) is 11.7. The summed E-state index contributed by atoms with van der Waals surface area (Å²) in [6.07, 6.45) is 7.24. The molecule has 0 aliphatic carbocycles. The number of ether oxygens (including phenoxy) is 1. The van der Waals surface area contributed by atoms with Crippen molar-refractivity contribution in [2.24, 2.45) is 17.8 Å². The number of amides is 2. The van der Waals surface area contributed by atoms with E-state index in [0.29, 0.717) is 19.4 Å². The highest BCUT2D eigenvalue weighted by atomic mass is 16.8. The lowest BCUT2D eigenvalue weighted by Gasteiger charge is -2.28. The second-order valence-electron chi connectivity index (χ2n) is 9.06. The molecule has 7 heteroatoms. The number of hydrogen-bond donors (Lipinski definition) is 3. The van der Waals surface area contributed by atoms with Crippen molar-refractivity contribution in [1.82, 2.24) is 16.3 Å². The van der Waals surface area contributed by atoms with Crippen molar-refractivity contribution in [3.63, 3.8) is 0 Å². The van der Waals surface area contributed by atoms with Gasteiger partial charge in [-0.1, -0.05) is 56.3 Å². The Hall–Kier alpha value is -2.22. The molecule has 2 amide bonds. The van der Waals surface area contributed by atoms with Gasteiger partial charge in [-0.05, 0) is 51.0 Å².